The summed E-state index contributed by atoms with van der Waals surface area (Å²) in [5.41, 5.74) is 5.18. The van der Waals surface area contributed by atoms with Crippen LogP contribution in [0.2, 0.25) is 0 Å². The first-order chi connectivity index (χ1) is 13.6. The molecule has 1 aromatic heterocycles. The fourth-order valence-electron chi connectivity index (χ4n) is 2.99. The van der Waals surface area contributed by atoms with Crippen LogP contribution in [0.3, 0.4) is 0 Å². The maximum absolute atomic E-state index is 12.8. The van der Waals surface area contributed by atoms with Gasteiger partial charge in [0, 0.05) is 17.6 Å². The minimum Gasteiger partial charge on any atom is -0.494 e. The van der Waals surface area contributed by atoms with Crippen molar-refractivity contribution in [2.24, 2.45) is 0 Å². The molecular formula is C23H25N3O2. The van der Waals surface area contributed by atoms with Gasteiger partial charge in [0.1, 0.15) is 5.75 Å². The molecule has 0 spiro atoms. The summed E-state index contributed by atoms with van der Waals surface area (Å²) in [5.74, 6) is 0.649. The zero-order chi connectivity index (χ0) is 19.9. The number of benzene rings is 2. The van der Waals surface area contributed by atoms with E-state index in [2.05, 4.69) is 22.5 Å². The van der Waals surface area contributed by atoms with Crippen molar-refractivity contribution in [2.45, 2.75) is 27.2 Å². The Morgan fingerprint density at radius 3 is 2.54 bits per heavy atom. The van der Waals surface area contributed by atoms with E-state index in [1.807, 2.05) is 56.3 Å². The molecule has 0 radical (unpaired) electrons. The summed E-state index contributed by atoms with van der Waals surface area (Å²) in [4.78, 5) is 17.0. The summed E-state index contributed by atoms with van der Waals surface area (Å²) < 4.78 is 5.45. The van der Waals surface area contributed by atoms with Crippen LogP contribution >= 0.6 is 0 Å². The molecule has 0 saturated carbocycles. The number of amides is 1. The third-order valence-electron chi connectivity index (χ3n) is 4.43. The average Bonchev–Trinajstić information content (AvgIpc) is 2.71. The molecule has 0 fully saturated rings. The Labute approximate surface area is 165 Å². The number of hydrogen-bond acceptors (Lipinski definition) is 4. The molecule has 5 nitrogen and oxygen atoms in total. The van der Waals surface area contributed by atoms with Crippen molar-refractivity contribution in [3.63, 3.8) is 0 Å². The number of anilines is 3. The number of aromatic nitrogens is 1. The minimum atomic E-state index is -0.174. The molecule has 0 bridgehead atoms. The van der Waals surface area contributed by atoms with E-state index in [0.29, 0.717) is 12.2 Å². The molecule has 3 aromatic rings. The zero-order valence-electron chi connectivity index (χ0n) is 16.5. The smallest absolute Gasteiger partial charge is 0.257 e. The Morgan fingerprint density at radius 1 is 1.04 bits per heavy atom. The van der Waals surface area contributed by atoms with E-state index in [4.69, 9.17) is 4.74 Å². The number of rotatable bonds is 7. The topological polar surface area (TPSA) is 63.2 Å². The summed E-state index contributed by atoms with van der Waals surface area (Å²) in [6, 6.07) is 15.5. The first-order valence-corrected chi connectivity index (χ1v) is 9.45. The van der Waals surface area contributed by atoms with E-state index < -0.39 is 0 Å². The van der Waals surface area contributed by atoms with E-state index in [0.717, 1.165) is 40.4 Å². The Morgan fingerprint density at radius 2 is 1.82 bits per heavy atom. The van der Waals surface area contributed by atoms with Crippen molar-refractivity contribution in [3.8, 4) is 5.75 Å². The first kappa shape index (κ1) is 19.4. The molecule has 0 atom stereocenters. The van der Waals surface area contributed by atoms with Crippen LogP contribution in [0.15, 0.2) is 60.9 Å². The quantitative estimate of drug-likeness (QED) is 0.584. The van der Waals surface area contributed by atoms with Crippen LogP contribution in [0.1, 0.15) is 35.3 Å². The monoisotopic (exact) mass is 375 g/mol. The summed E-state index contributed by atoms with van der Waals surface area (Å²) in [5, 5.41) is 6.30. The molecule has 0 saturated heterocycles. The molecule has 1 heterocycles. The molecule has 0 unspecified atom stereocenters. The second-order valence-corrected chi connectivity index (χ2v) is 6.46. The van der Waals surface area contributed by atoms with Gasteiger partial charge in [0.15, 0.2) is 0 Å². The van der Waals surface area contributed by atoms with Gasteiger partial charge in [-0.3, -0.25) is 9.78 Å². The first-order valence-electron chi connectivity index (χ1n) is 9.45. The molecule has 28 heavy (non-hydrogen) atoms. The molecule has 2 N–H and O–H groups in total. The minimum absolute atomic E-state index is 0.174. The summed E-state index contributed by atoms with van der Waals surface area (Å²) in [6.45, 7) is 6.66. The highest BCUT2D eigenvalue weighted by molar-refractivity contribution is 6.05. The number of para-hydroxylation sites is 1. The highest BCUT2D eigenvalue weighted by Crippen LogP contribution is 2.23. The molecule has 1 amide bonds. The van der Waals surface area contributed by atoms with E-state index in [-0.39, 0.29) is 5.91 Å². The summed E-state index contributed by atoms with van der Waals surface area (Å²) >= 11 is 0. The van der Waals surface area contributed by atoms with Crippen LogP contribution in [-0.4, -0.2) is 17.5 Å². The lowest BCUT2D eigenvalue weighted by Crippen LogP contribution is -2.14. The van der Waals surface area contributed by atoms with Gasteiger partial charge in [-0.15, -0.1) is 0 Å². The predicted molar refractivity (Wildman–Crippen MR) is 114 cm³/mol. The highest BCUT2D eigenvalue weighted by Gasteiger charge is 2.12. The van der Waals surface area contributed by atoms with Crippen LogP contribution in [0.25, 0.3) is 0 Å². The standard InChI is InChI=1S/C23H25N3O2/c1-4-17-8-6-7-16(3)22(17)26-23(27)18-13-20(15-24-14-18)25-19-9-11-21(12-10-19)28-5-2/h6-15,25H,4-5H2,1-3H3,(H,26,27). The van der Waals surface area contributed by atoms with Crippen LogP contribution in [-0.2, 0) is 6.42 Å². The molecule has 0 aliphatic heterocycles. The molecular weight excluding hydrogens is 350 g/mol. The Balaban J connectivity index is 1.75. The number of pyridine rings is 1. The molecule has 144 valence electrons. The van der Waals surface area contributed by atoms with Gasteiger partial charge < -0.3 is 15.4 Å². The van der Waals surface area contributed by atoms with E-state index in [1.165, 1.54) is 0 Å². The van der Waals surface area contributed by atoms with Crippen molar-refractivity contribution in [1.29, 1.82) is 0 Å². The van der Waals surface area contributed by atoms with Gasteiger partial charge in [-0.25, -0.2) is 0 Å². The van der Waals surface area contributed by atoms with Crippen LogP contribution < -0.4 is 15.4 Å². The van der Waals surface area contributed by atoms with Crippen molar-refractivity contribution in [3.05, 3.63) is 77.6 Å². The van der Waals surface area contributed by atoms with Gasteiger partial charge in [0.25, 0.3) is 5.91 Å². The van der Waals surface area contributed by atoms with Crippen LogP contribution in [0.5, 0.6) is 5.75 Å². The molecule has 3 rings (SSSR count). The number of nitrogens with one attached hydrogen (secondary N) is 2. The van der Waals surface area contributed by atoms with Crippen molar-refractivity contribution >= 4 is 23.0 Å². The molecule has 5 heteroatoms. The fourth-order valence-corrected chi connectivity index (χ4v) is 2.99. The maximum Gasteiger partial charge on any atom is 0.257 e. The zero-order valence-corrected chi connectivity index (χ0v) is 16.5. The van der Waals surface area contributed by atoms with E-state index in [9.17, 15) is 4.79 Å². The van der Waals surface area contributed by atoms with Crippen molar-refractivity contribution < 1.29 is 9.53 Å². The highest BCUT2D eigenvalue weighted by atomic mass is 16.5. The van der Waals surface area contributed by atoms with Gasteiger partial charge in [-0.05, 0) is 61.7 Å². The SMILES string of the molecule is CCOc1ccc(Nc2cncc(C(=O)Nc3c(C)cccc3CC)c2)cc1. The number of ether oxygens (including phenoxy) is 1. The molecule has 0 aliphatic carbocycles. The van der Waals surface area contributed by atoms with Crippen LogP contribution in [0, 0.1) is 6.92 Å². The number of carbonyl (C=O) groups excluding carboxylic acids is 1. The lowest BCUT2D eigenvalue weighted by Gasteiger charge is -2.13. The molecule has 0 aliphatic rings. The van der Waals surface area contributed by atoms with E-state index >= 15 is 0 Å². The number of carbonyl (C=O) groups is 1. The predicted octanol–water partition coefficient (Wildman–Crippen LogP) is 5.35. The third-order valence-corrected chi connectivity index (χ3v) is 4.43. The average molecular weight is 375 g/mol. The Kier molecular flexibility index (Phi) is 6.27. The number of hydrogen-bond donors (Lipinski definition) is 2. The number of aryl methyl sites for hydroxylation is 2. The molecule has 2 aromatic carbocycles. The van der Waals surface area contributed by atoms with E-state index in [1.54, 1.807) is 18.5 Å². The third kappa shape index (κ3) is 4.68. The normalized spacial score (nSPS) is 10.4. The fraction of sp³-hybridized carbons (Fsp3) is 0.217. The van der Waals surface area contributed by atoms with Gasteiger partial charge in [-0.1, -0.05) is 25.1 Å². The maximum atomic E-state index is 12.8. The summed E-state index contributed by atoms with van der Waals surface area (Å²) in [7, 11) is 0. The van der Waals surface area contributed by atoms with Gasteiger partial charge >= 0.3 is 0 Å². The van der Waals surface area contributed by atoms with Gasteiger partial charge in [-0.2, -0.15) is 0 Å². The second-order valence-electron chi connectivity index (χ2n) is 6.46. The Hall–Kier alpha value is -3.34. The Bertz CT molecular complexity index is 952. The van der Waals surface area contributed by atoms with Crippen molar-refractivity contribution in [1.82, 2.24) is 4.98 Å². The lowest BCUT2D eigenvalue weighted by atomic mass is 10.1. The van der Waals surface area contributed by atoms with Crippen LogP contribution in [0.4, 0.5) is 17.1 Å². The van der Waals surface area contributed by atoms with Gasteiger partial charge in [0.05, 0.1) is 24.1 Å². The summed E-state index contributed by atoms with van der Waals surface area (Å²) in [6.07, 6.45) is 4.12. The largest absolute Gasteiger partial charge is 0.494 e. The van der Waals surface area contributed by atoms with Gasteiger partial charge in [0.2, 0.25) is 0 Å². The second kappa shape index (κ2) is 9.04. The number of nitrogens with zero attached hydrogens (tertiary/aromatic N) is 1. The van der Waals surface area contributed by atoms with Crippen molar-refractivity contribution in [2.75, 3.05) is 17.2 Å². The lowest BCUT2D eigenvalue weighted by molar-refractivity contribution is 0.102.